The van der Waals surface area contributed by atoms with Gasteiger partial charge in [0.2, 0.25) is 0 Å². The maximum atomic E-state index is 9.87. The number of rotatable bonds is 6. The Hall–Kier alpha value is -2.88. The second kappa shape index (κ2) is 12.8. The van der Waals surface area contributed by atoms with Crippen LogP contribution in [0.25, 0.3) is 6.08 Å². The summed E-state index contributed by atoms with van der Waals surface area (Å²) in [6.07, 6.45) is 4.24. The zero-order chi connectivity index (χ0) is 23.5. The lowest BCUT2D eigenvalue weighted by atomic mass is 10.1. The summed E-state index contributed by atoms with van der Waals surface area (Å²) in [6.45, 7) is 6.33. The maximum Gasteiger partial charge on any atom is 0.414 e. The molecule has 2 aromatic carbocycles. The van der Waals surface area contributed by atoms with Crippen molar-refractivity contribution in [1.29, 1.82) is 0 Å². The Labute approximate surface area is 195 Å². The van der Waals surface area contributed by atoms with Crippen LogP contribution in [0.4, 0.5) is 0 Å². The third-order valence-corrected chi connectivity index (χ3v) is 5.45. The molecule has 1 fully saturated rings. The van der Waals surface area contributed by atoms with E-state index in [-0.39, 0.29) is 5.75 Å². The number of benzene rings is 2. The third kappa shape index (κ3) is 8.33. The number of aromatic hydroxyl groups is 1. The number of aliphatic carboxylic acids is 2. The molecule has 0 radical (unpaired) electrons. The Balaban J connectivity index is 0.000000534. The summed E-state index contributed by atoms with van der Waals surface area (Å²) in [6, 6.07) is 14.4. The number of phenolic OH excluding ortho intramolecular Hbond substituents is 1. The van der Waals surface area contributed by atoms with Gasteiger partial charge in [-0.3, -0.25) is 9.80 Å². The van der Waals surface area contributed by atoms with Crippen molar-refractivity contribution in [3.8, 4) is 11.5 Å². The van der Waals surface area contributed by atoms with Crippen LogP contribution in [-0.2, 0) is 16.1 Å². The smallest absolute Gasteiger partial charge is 0.414 e. The fourth-order valence-electron chi connectivity index (χ4n) is 3.16. The SMILES string of the molecule is COc1cc(C=CCN2CCN(Cc3ccccc3)CC2)cc(Br)c1O.O=C(O)C(=O)O. The van der Waals surface area contributed by atoms with Crippen molar-refractivity contribution in [2.75, 3.05) is 39.8 Å². The summed E-state index contributed by atoms with van der Waals surface area (Å²) in [4.78, 5) is 23.2. The number of ether oxygens (including phenoxy) is 1. The molecule has 8 nitrogen and oxygen atoms in total. The van der Waals surface area contributed by atoms with Gasteiger partial charge in [-0.1, -0.05) is 42.5 Å². The van der Waals surface area contributed by atoms with E-state index in [9.17, 15) is 5.11 Å². The normalized spacial score (nSPS) is 14.6. The number of piperazine rings is 1. The van der Waals surface area contributed by atoms with E-state index in [1.165, 1.54) is 5.56 Å². The van der Waals surface area contributed by atoms with Crippen LogP contribution < -0.4 is 4.74 Å². The first-order valence-electron chi connectivity index (χ1n) is 9.98. The minimum absolute atomic E-state index is 0.138. The predicted molar refractivity (Wildman–Crippen MR) is 125 cm³/mol. The lowest BCUT2D eigenvalue weighted by Gasteiger charge is -2.34. The summed E-state index contributed by atoms with van der Waals surface area (Å²) in [5, 5.41) is 24.7. The van der Waals surface area contributed by atoms with E-state index in [4.69, 9.17) is 24.5 Å². The van der Waals surface area contributed by atoms with E-state index in [0.29, 0.717) is 10.2 Å². The average Bonchev–Trinajstić information content (AvgIpc) is 2.78. The molecule has 3 N–H and O–H groups in total. The highest BCUT2D eigenvalue weighted by atomic mass is 79.9. The molecule has 9 heteroatoms. The van der Waals surface area contributed by atoms with Gasteiger partial charge in [-0.25, -0.2) is 9.59 Å². The summed E-state index contributed by atoms with van der Waals surface area (Å²) >= 11 is 3.36. The van der Waals surface area contributed by atoms with Crippen LogP contribution >= 0.6 is 15.9 Å². The molecule has 0 aliphatic carbocycles. The quantitative estimate of drug-likeness (QED) is 0.512. The van der Waals surface area contributed by atoms with Gasteiger partial charge in [0.25, 0.3) is 0 Å². The predicted octanol–water partition coefficient (Wildman–Crippen LogP) is 3.15. The Kier molecular flexibility index (Phi) is 10.2. The number of hydrogen-bond acceptors (Lipinski definition) is 6. The highest BCUT2D eigenvalue weighted by Gasteiger charge is 2.15. The Morgan fingerprint density at radius 1 is 1.03 bits per heavy atom. The summed E-state index contributed by atoms with van der Waals surface area (Å²) < 4.78 is 5.84. The van der Waals surface area contributed by atoms with E-state index in [2.05, 4.69) is 68.2 Å². The first-order chi connectivity index (χ1) is 15.3. The molecule has 0 saturated carbocycles. The topological polar surface area (TPSA) is 111 Å². The molecule has 1 heterocycles. The molecule has 0 spiro atoms. The third-order valence-electron chi connectivity index (χ3n) is 4.84. The minimum atomic E-state index is -1.82. The van der Waals surface area contributed by atoms with Crippen molar-refractivity contribution in [2.45, 2.75) is 6.54 Å². The van der Waals surface area contributed by atoms with Crippen LogP contribution in [0.2, 0.25) is 0 Å². The summed E-state index contributed by atoms with van der Waals surface area (Å²) in [7, 11) is 1.56. The van der Waals surface area contributed by atoms with Gasteiger partial charge in [0.05, 0.1) is 11.6 Å². The molecular weight excluding hydrogens is 480 g/mol. The number of carboxylic acid groups (broad SMARTS) is 2. The largest absolute Gasteiger partial charge is 0.503 e. The molecular formula is C23H27BrN2O6. The molecule has 0 bridgehead atoms. The Morgan fingerprint density at radius 2 is 1.62 bits per heavy atom. The van der Waals surface area contributed by atoms with Gasteiger partial charge < -0.3 is 20.1 Å². The molecule has 0 aromatic heterocycles. The Morgan fingerprint density at radius 3 is 2.19 bits per heavy atom. The van der Waals surface area contributed by atoms with E-state index < -0.39 is 11.9 Å². The van der Waals surface area contributed by atoms with Gasteiger partial charge >= 0.3 is 11.9 Å². The number of halogens is 1. The number of carbonyl (C=O) groups is 2. The van der Waals surface area contributed by atoms with Crippen LogP contribution in [0.3, 0.4) is 0 Å². The molecule has 172 valence electrons. The number of methoxy groups -OCH3 is 1. The number of carboxylic acids is 2. The van der Waals surface area contributed by atoms with Crippen molar-refractivity contribution in [1.82, 2.24) is 9.80 Å². The molecule has 1 aliphatic heterocycles. The van der Waals surface area contributed by atoms with Gasteiger partial charge in [-0.05, 0) is 39.2 Å². The van der Waals surface area contributed by atoms with Crippen molar-refractivity contribution in [3.63, 3.8) is 0 Å². The van der Waals surface area contributed by atoms with Gasteiger partial charge in [-0.2, -0.15) is 0 Å². The van der Waals surface area contributed by atoms with Crippen molar-refractivity contribution in [2.24, 2.45) is 0 Å². The van der Waals surface area contributed by atoms with Crippen LogP contribution in [0.15, 0.2) is 53.0 Å². The van der Waals surface area contributed by atoms with Crippen LogP contribution in [-0.4, -0.2) is 76.9 Å². The molecule has 0 amide bonds. The lowest BCUT2D eigenvalue weighted by molar-refractivity contribution is -0.159. The van der Waals surface area contributed by atoms with E-state index in [1.54, 1.807) is 7.11 Å². The fourth-order valence-corrected chi connectivity index (χ4v) is 3.61. The second-order valence-corrected chi connectivity index (χ2v) is 7.98. The van der Waals surface area contributed by atoms with Crippen LogP contribution in [0.1, 0.15) is 11.1 Å². The zero-order valence-corrected chi connectivity index (χ0v) is 19.4. The highest BCUT2D eigenvalue weighted by molar-refractivity contribution is 9.10. The minimum Gasteiger partial charge on any atom is -0.503 e. The summed E-state index contributed by atoms with van der Waals surface area (Å²) in [5.74, 6) is -3.03. The molecule has 2 aromatic rings. The molecule has 3 rings (SSSR count). The van der Waals surface area contributed by atoms with Gasteiger partial charge in [0.1, 0.15) is 0 Å². The van der Waals surface area contributed by atoms with Crippen molar-refractivity contribution < 1.29 is 29.6 Å². The van der Waals surface area contributed by atoms with E-state index in [1.807, 2.05) is 12.1 Å². The van der Waals surface area contributed by atoms with Crippen LogP contribution in [0, 0.1) is 0 Å². The van der Waals surface area contributed by atoms with Crippen molar-refractivity contribution in [3.05, 3.63) is 64.1 Å². The second-order valence-electron chi connectivity index (χ2n) is 7.13. The molecule has 1 saturated heterocycles. The van der Waals surface area contributed by atoms with E-state index in [0.717, 1.165) is 44.8 Å². The van der Waals surface area contributed by atoms with Gasteiger partial charge in [0, 0.05) is 39.3 Å². The molecule has 0 unspecified atom stereocenters. The first-order valence-corrected chi connectivity index (χ1v) is 10.8. The highest BCUT2D eigenvalue weighted by Crippen LogP contribution is 2.35. The van der Waals surface area contributed by atoms with Crippen LogP contribution in [0.5, 0.6) is 11.5 Å². The average molecular weight is 507 g/mol. The molecule has 0 atom stereocenters. The molecule has 1 aliphatic rings. The van der Waals surface area contributed by atoms with Crippen molar-refractivity contribution >= 4 is 33.9 Å². The fraction of sp³-hybridized carbons (Fsp3) is 0.304. The monoisotopic (exact) mass is 506 g/mol. The van der Waals surface area contributed by atoms with Gasteiger partial charge in [0.15, 0.2) is 11.5 Å². The summed E-state index contributed by atoms with van der Waals surface area (Å²) in [5.41, 5.74) is 2.39. The number of nitrogens with zero attached hydrogens (tertiary/aromatic N) is 2. The number of phenols is 1. The van der Waals surface area contributed by atoms with E-state index >= 15 is 0 Å². The standard InChI is InChI=1S/C21H25BrN2O2.C2H2O4/c1-26-20-15-18(14-19(22)21(20)25)8-5-9-23-10-12-24(13-11-23)16-17-6-3-2-4-7-17;3-1(4)2(5)6/h2-8,14-15,25H,9-13,16H2,1H3;(H,3,4)(H,5,6). The lowest BCUT2D eigenvalue weighted by Crippen LogP contribution is -2.45. The van der Waals surface area contributed by atoms with Gasteiger partial charge in [-0.15, -0.1) is 0 Å². The first kappa shape index (κ1) is 25.4. The maximum absolute atomic E-state index is 9.87. The Bertz CT molecular complexity index is 916. The zero-order valence-electron chi connectivity index (χ0n) is 17.8. The molecule has 32 heavy (non-hydrogen) atoms. The number of hydrogen-bond donors (Lipinski definition) is 3.